The lowest BCUT2D eigenvalue weighted by Crippen LogP contribution is -2.17. The summed E-state index contributed by atoms with van der Waals surface area (Å²) < 4.78 is 5.31. The fourth-order valence-corrected chi connectivity index (χ4v) is 1.83. The Bertz CT molecular complexity index is 471. The highest BCUT2D eigenvalue weighted by Gasteiger charge is 2.00. The number of benzene rings is 1. The first kappa shape index (κ1) is 12.6. The molecule has 1 N–H and O–H groups in total. The molecule has 94 valence electrons. The molecule has 3 heteroatoms. The van der Waals surface area contributed by atoms with Crippen LogP contribution in [0.2, 0.25) is 0 Å². The van der Waals surface area contributed by atoms with Gasteiger partial charge in [0.1, 0.15) is 5.75 Å². The third-order valence-electron chi connectivity index (χ3n) is 2.79. The van der Waals surface area contributed by atoms with Crippen molar-refractivity contribution in [2.45, 2.75) is 13.0 Å². The molecule has 18 heavy (non-hydrogen) atoms. The Morgan fingerprint density at radius 3 is 2.72 bits per heavy atom. The molecular formula is C15H18N2O. The number of pyridine rings is 1. The number of methoxy groups -OCH3 is 1. The van der Waals surface area contributed by atoms with E-state index < -0.39 is 0 Å². The molecule has 0 radical (unpaired) electrons. The van der Waals surface area contributed by atoms with E-state index in [-0.39, 0.29) is 0 Å². The number of hydrogen-bond donors (Lipinski definition) is 1. The minimum absolute atomic E-state index is 0.816. The molecule has 1 heterocycles. The summed E-state index contributed by atoms with van der Waals surface area (Å²) in [6.07, 6.45) is 2.77. The normalized spacial score (nSPS) is 10.3. The second-order valence-electron chi connectivity index (χ2n) is 4.06. The smallest absolute Gasteiger partial charge is 0.123 e. The van der Waals surface area contributed by atoms with Crippen molar-refractivity contribution in [1.82, 2.24) is 10.3 Å². The maximum atomic E-state index is 5.31. The summed E-state index contributed by atoms with van der Waals surface area (Å²) in [7, 11) is 1.70. The van der Waals surface area contributed by atoms with Crippen molar-refractivity contribution < 1.29 is 4.74 Å². The zero-order valence-corrected chi connectivity index (χ0v) is 10.6. The van der Waals surface area contributed by atoms with E-state index in [2.05, 4.69) is 16.4 Å². The summed E-state index contributed by atoms with van der Waals surface area (Å²) in [6.45, 7) is 1.73. The van der Waals surface area contributed by atoms with Crippen molar-refractivity contribution in [1.29, 1.82) is 0 Å². The maximum absolute atomic E-state index is 5.31. The van der Waals surface area contributed by atoms with Crippen LogP contribution in [0.1, 0.15) is 11.3 Å². The first-order valence-corrected chi connectivity index (χ1v) is 6.12. The van der Waals surface area contributed by atoms with Gasteiger partial charge in [0.05, 0.1) is 7.11 Å². The van der Waals surface area contributed by atoms with Crippen molar-refractivity contribution in [3.8, 4) is 5.75 Å². The van der Waals surface area contributed by atoms with E-state index in [0.29, 0.717) is 0 Å². The molecule has 0 spiro atoms. The van der Waals surface area contributed by atoms with E-state index in [9.17, 15) is 0 Å². The number of hydrogen-bond acceptors (Lipinski definition) is 3. The Labute approximate surface area is 108 Å². The number of ether oxygens (including phenoxy) is 1. The van der Waals surface area contributed by atoms with Gasteiger partial charge in [0.15, 0.2) is 0 Å². The van der Waals surface area contributed by atoms with Crippen molar-refractivity contribution >= 4 is 0 Å². The summed E-state index contributed by atoms with van der Waals surface area (Å²) in [4.78, 5) is 4.29. The second kappa shape index (κ2) is 6.77. The van der Waals surface area contributed by atoms with Crippen LogP contribution in [0, 0.1) is 0 Å². The third kappa shape index (κ3) is 3.57. The standard InChI is InChI=1S/C15H18N2O/c1-18-15-8-3-2-6-13(15)12-16-11-9-14-7-4-5-10-17-14/h2-8,10,16H,9,11-12H2,1H3. The molecule has 0 aliphatic carbocycles. The minimum atomic E-state index is 0.816. The van der Waals surface area contributed by atoms with Gasteiger partial charge in [0, 0.05) is 37.0 Å². The molecule has 0 unspecified atom stereocenters. The van der Waals surface area contributed by atoms with Crippen molar-refractivity contribution in [2.75, 3.05) is 13.7 Å². The van der Waals surface area contributed by atoms with Crippen LogP contribution in [-0.2, 0) is 13.0 Å². The third-order valence-corrected chi connectivity index (χ3v) is 2.79. The Balaban J connectivity index is 1.78. The molecule has 0 aliphatic heterocycles. The summed E-state index contributed by atoms with van der Waals surface area (Å²) >= 11 is 0. The molecule has 2 aromatic rings. The van der Waals surface area contributed by atoms with Crippen LogP contribution in [0.25, 0.3) is 0 Å². The Morgan fingerprint density at radius 2 is 1.94 bits per heavy atom. The zero-order chi connectivity index (χ0) is 12.6. The molecular weight excluding hydrogens is 224 g/mol. The van der Waals surface area contributed by atoms with E-state index >= 15 is 0 Å². The molecule has 1 aromatic carbocycles. The molecule has 0 saturated heterocycles. The largest absolute Gasteiger partial charge is 0.496 e. The highest BCUT2D eigenvalue weighted by molar-refractivity contribution is 5.32. The first-order chi connectivity index (χ1) is 8.90. The number of para-hydroxylation sites is 1. The van der Waals surface area contributed by atoms with Crippen LogP contribution >= 0.6 is 0 Å². The Hall–Kier alpha value is -1.87. The van der Waals surface area contributed by atoms with Gasteiger partial charge in [-0.15, -0.1) is 0 Å². The van der Waals surface area contributed by atoms with Crippen LogP contribution in [0.4, 0.5) is 0 Å². The second-order valence-corrected chi connectivity index (χ2v) is 4.06. The average Bonchev–Trinajstić information content (AvgIpc) is 2.45. The van der Waals surface area contributed by atoms with Crippen LogP contribution in [-0.4, -0.2) is 18.6 Å². The predicted octanol–water partition coefficient (Wildman–Crippen LogP) is 2.42. The zero-order valence-electron chi connectivity index (χ0n) is 10.6. The van der Waals surface area contributed by atoms with E-state index in [1.54, 1.807) is 7.11 Å². The van der Waals surface area contributed by atoms with Crippen LogP contribution in [0.15, 0.2) is 48.7 Å². The minimum Gasteiger partial charge on any atom is -0.496 e. The predicted molar refractivity (Wildman–Crippen MR) is 72.6 cm³/mol. The van der Waals surface area contributed by atoms with Gasteiger partial charge in [-0.05, 0) is 18.2 Å². The lowest BCUT2D eigenvalue weighted by Gasteiger charge is -2.09. The topological polar surface area (TPSA) is 34.1 Å². The van der Waals surface area contributed by atoms with Gasteiger partial charge in [-0.25, -0.2) is 0 Å². The number of aromatic nitrogens is 1. The summed E-state index contributed by atoms with van der Waals surface area (Å²) in [5.41, 5.74) is 2.30. The van der Waals surface area contributed by atoms with Gasteiger partial charge in [0.2, 0.25) is 0 Å². The molecule has 0 aliphatic rings. The molecule has 2 rings (SSSR count). The molecule has 3 nitrogen and oxygen atoms in total. The number of nitrogens with one attached hydrogen (secondary N) is 1. The van der Waals surface area contributed by atoms with Crippen molar-refractivity contribution in [3.63, 3.8) is 0 Å². The lowest BCUT2D eigenvalue weighted by molar-refractivity contribution is 0.408. The van der Waals surface area contributed by atoms with Gasteiger partial charge in [-0.1, -0.05) is 24.3 Å². The highest BCUT2D eigenvalue weighted by atomic mass is 16.5. The van der Waals surface area contributed by atoms with Gasteiger partial charge in [0.25, 0.3) is 0 Å². The van der Waals surface area contributed by atoms with E-state index in [1.807, 2.05) is 42.6 Å². The van der Waals surface area contributed by atoms with Crippen LogP contribution in [0.5, 0.6) is 5.75 Å². The molecule has 0 fully saturated rings. The molecule has 0 bridgehead atoms. The fraction of sp³-hybridized carbons (Fsp3) is 0.267. The fourth-order valence-electron chi connectivity index (χ4n) is 1.83. The summed E-state index contributed by atoms with van der Waals surface area (Å²) in [6, 6.07) is 14.1. The molecule has 0 amide bonds. The molecule has 0 saturated carbocycles. The lowest BCUT2D eigenvalue weighted by atomic mass is 10.2. The maximum Gasteiger partial charge on any atom is 0.123 e. The monoisotopic (exact) mass is 242 g/mol. The van der Waals surface area contributed by atoms with Gasteiger partial charge < -0.3 is 10.1 Å². The van der Waals surface area contributed by atoms with Crippen LogP contribution in [0.3, 0.4) is 0 Å². The summed E-state index contributed by atoms with van der Waals surface area (Å²) in [5, 5.41) is 3.40. The van der Waals surface area contributed by atoms with Crippen molar-refractivity contribution in [3.05, 3.63) is 59.9 Å². The quantitative estimate of drug-likeness (QED) is 0.790. The van der Waals surface area contributed by atoms with Crippen LogP contribution < -0.4 is 10.1 Å². The van der Waals surface area contributed by atoms with Gasteiger partial charge in [-0.2, -0.15) is 0 Å². The van der Waals surface area contributed by atoms with Gasteiger partial charge >= 0.3 is 0 Å². The van der Waals surface area contributed by atoms with E-state index in [0.717, 1.165) is 31.0 Å². The van der Waals surface area contributed by atoms with E-state index in [4.69, 9.17) is 4.74 Å². The Kier molecular flexibility index (Phi) is 4.73. The number of rotatable bonds is 6. The average molecular weight is 242 g/mol. The summed E-state index contributed by atoms with van der Waals surface area (Å²) in [5.74, 6) is 0.933. The van der Waals surface area contributed by atoms with Crippen molar-refractivity contribution in [2.24, 2.45) is 0 Å². The SMILES string of the molecule is COc1ccccc1CNCCc1ccccn1. The Morgan fingerprint density at radius 1 is 1.11 bits per heavy atom. The molecule has 1 aromatic heterocycles. The van der Waals surface area contributed by atoms with Gasteiger partial charge in [-0.3, -0.25) is 4.98 Å². The van der Waals surface area contributed by atoms with E-state index in [1.165, 1.54) is 5.56 Å². The molecule has 0 atom stereocenters. The first-order valence-electron chi connectivity index (χ1n) is 6.12. The highest BCUT2D eigenvalue weighted by Crippen LogP contribution is 2.16. The number of nitrogens with zero attached hydrogens (tertiary/aromatic N) is 1.